The minimum absolute atomic E-state index is 0. The van der Waals surface area contributed by atoms with Crippen LogP contribution in [0.1, 0.15) is 20.7 Å². The maximum Gasteiger partial charge on any atom is 2.00 e. The fraction of sp³-hybridized carbons (Fsp3) is 0. The molecule has 0 radical (unpaired) electrons. The second kappa shape index (κ2) is 9.16. The van der Waals surface area contributed by atoms with Gasteiger partial charge in [0.25, 0.3) is 0 Å². The van der Waals surface area contributed by atoms with Crippen molar-refractivity contribution in [3.05, 3.63) is 96.1 Å². The molecule has 0 bridgehead atoms. The van der Waals surface area contributed by atoms with E-state index in [0.29, 0.717) is 0 Å². The van der Waals surface area contributed by atoms with E-state index in [1.165, 1.54) is 0 Å². The Morgan fingerprint density at radius 1 is 0.519 bits per heavy atom. The second-order valence-electron chi connectivity index (χ2n) is 5.63. The van der Waals surface area contributed by atoms with Crippen molar-refractivity contribution in [3.8, 4) is 0 Å². The van der Waals surface area contributed by atoms with E-state index in [9.17, 15) is 19.8 Å². The molecule has 5 heteroatoms. The molecule has 0 aliphatic rings. The average Bonchev–Trinajstić information content (AvgIpc) is 2.67. The standard InChI is InChI=1S/2C11H8O2.Mg/c2*12-11(13)10-7-3-5-8-4-1-2-6-9(8)10;/h2*1-7H,(H,12,13);/q;;+2/p-2. The number of carbonyl (C=O) groups is 2. The van der Waals surface area contributed by atoms with E-state index >= 15 is 0 Å². The topological polar surface area (TPSA) is 80.3 Å². The van der Waals surface area contributed by atoms with Crippen LogP contribution in [0.5, 0.6) is 0 Å². The zero-order valence-corrected chi connectivity index (χ0v) is 15.8. The number of benzene rings is 4. The summed E-state index contributed by atoms with van der Waals surface area (Å²) in [5.74, 6) is -2.26. The van der Waals surface area contributed by atoms with Crippen molar-refractivity contribution in [3.63, 3.8) is 0 Å². The monoisotopic (exact) mass is 366 g/mol. The van der Waals surface area contributed by atoms with Crippen LogP contribution < -0.4 is 10.2 Å². The SMILES string of the molecule is O=C([O-])c1cccc2ccccc12.O=C([O-])c1cccc2ccccc12.[Mg+2]. The third-order valence-corrected chi connectivity index (χ3v) is 4.02. The van der Waals surface area contributed by atoms with Gasteiger partial charge in [0.15, 0.2) is 0 Å². The van der Waals surface area contributed by atoms with E-state index in [2.05, 4.69) is 0 Å². The van der Waals surface area contributed by atoms with Crippen LogP contribution in [0.25, 0.3) is 21.5 Å². The van der Waals surface area contributed by atoms with Crippen molar-refractivity contribution in [1.82, 2.24) is 0 Å². The number of hydrogen-bond acceptors (Lipinski definition) is 4. The first-order chi connectivity index (χ1) is 12.6. The molecule has 0 amide bonds. The molecule has 0 saturated heterocycles. The van der Waals surface area contributed by atoms with Gasteiger partial charge in [-0.1, -0.05) is 84.9 Å². The molecule has 128 valence electrons. The van der Waals surface area contributed by atoms with Crippen LogP contribution in [0.3, 0.4) is 0 Å². The summed E-state index contributed by atoms with van der Waals surface area (Å²) in [7, 11) is 0. The number of carboxylic acids is 2. The number of carbonyl (C=O) groups excluding carboxylic acids is 2. The van der Waals surface area contributed by atoms with Gasteiger partial charge >= 0.3 is 23.1 Å². The zero-order chi connectivity index (χ0) is 18.5. The molecular weight excluding hydrogens is 353 g/mol. The van der Waals surface area contributed by atoms with Crippen molar-refractivity contribution in [2.24, 2.45) is 0 Å². The van der Waals surface area contributed by atoms with Gasteiger partial charge < -0.3 is 19.8 Å². The van der Waals surface area contributed by atoms with E-state index < -0.39 is 11.9 Å². The number of aromatic carboxylic acids is 2. The molecular formula is C22H14MgO4. The second-order valence-corrected chi connectivity index (χ2v) is 5.63. The Kier molecular flexibility index (Phi) is 6.93. The summed E-state index contributed by atoms with van der Waals surface area (Å²) in [6.07, 6.45) is 0. The van der Waals surface area contributed by atoms with E-state index in [-0.39, 0.29) is 34.2 Å². The molecule has 0 aliphatic carbocycles. The molecule has 4 rings (SSSR count). The van der Waals surface area contributed by atoms with Crippen LogP contribution in [0.4, 0.5) is 0 Å². The van der Waals surface area contributed by atoms with E-state index in [1.54, 1.807) is 36.4 Å². The largest absolute Gasteiger partial charge is 2.00 e. The summed E-state index contributed by atoms with van der Waals surface area (Å²) in [5, 5.41) is 24.7. The van der Waals surface area contributed by atoms with Crippen LogP contribution in [0, 0.1) is 0 Å². The fourth-order valence-corrected chi connectivity index (χ4v) is 2.81. The van der Waals surface area contributed by atoms with Crippen LogP contribution in [-0.4, -0.2) is 35.0 Å². The first-order valence-corrected chi connectivity index (χ1v) is 7.96. The van der Waals surface area contributed by atoms with E-state index in [4.69, 9.17) is 0 Å². The summed E-state index contributed by atoms with van der Waals surface area (Å²) in [6.45, 7) is 0. The minimum Gasteiger partial charge on any atom is -0.545 e. The smallest absolute Gasteiger partial charge is 0.545 e. The molecule has 27 heavy (non-hydrogen) atoms. The predicted molar refractivity (Wildman–Crippen MR) is 102 cm³/mol. The maximum absolute atomic E-state index is 10.7. The van der Waals surface area contributed by atoms with Gasteiger partial charge in [0.1, 0.15) is 0 Å². The third-order valence-electron chi connectivity index (χ3n) is 4.02. The van der Waals surface area contributed by atoms with Crippen LogP contribution in [-0.2, 0) is 0 Å². The molecule has 0 fully saturated rings. The van der Waals surface area contributed by atoms with Crippen molar-refractivity contribution in [2.45, 2.75) is 0 Å². The van der Waals surface area contributed by atoms with Gasteiger partial charge in [-0.3, -0.25) is 0 Å². The fourth-order valence-electron chi connectivity index (χ4n) is 2.81. The van der Waals surface area contributed by atoms with Crippen molar-refractivity contribution in [2.75, 3.05) is 0 Å². The average molecular weight is 367 g/mol. The Labute approximate surface area is 172 Å². The van der Waals surface area contributed by atoms with Gasteiger partial charge in [-0.2, -0.15) is 0 Å². The molecule has 0 aromatic heterocycles. The molecule has 0 N–H and O–H groups in total. The maximum atomic E-state index is 10.7. The Morgan fingerprint density at radius 3 is 1.22 bits per heavy atom. The number of fused-ring (bicyclic) bond motifs is 2. The molecule has 0 saturated carbocycles. The van der Waals surface area contributed by atoms with Gasteiger partial charge in [-0.15, -0.1) is 0 Å². The Morgan fingerprint density at radius 2 is 0.852 bits per heavy atom. The van der Waals surface area contributed by atoms with E-state index in [0.717, 1.165) is 21.5 Å². The molecule has 0 unspecified atom stereocenters. The first kappa shape index (κ1) is 20.4. The summed E-state index contributed by atoms with van der Waals surface area (Å²) in [5.41, 5.74) is 0.496. The Hall–Kier alpha value is -2.89. The quantitative estimate of drug-likeness (QED) is 0.508. The summed E-state index contributed by atoms with van der Waals surface area (Å²) >= 11 is 0. The molecule has 4 aromatic carbocycles. The summed E-state index contributed by atoms with van der Waals surface area (Å²) in [4.78, 5) is 21.4. The van der Waals surface area contributed by atoms with E-state index in [1.807, 2.05) is 48.5 Å². The molecule has 0 aliphatic heterocycles. The van der Waals surface area contributed by atoms with Gasteiger partial charge in [0.2, 0.25) is 0 Å². The van der Waals surface area contributed by atoms with Crippen LogP contribution in [0.2, 0.25) is 0 Å². The summed E-state index contributed by atoms with van der Waals surface area (Å²) < 4.78 is 0. The van der Waals surface area contributed by atoms with Crippen LogP contribution in [0.15, 0.2) is 84.9 Å². The summed E-state index contributed by atoms with van der Waals surface area (Å²) in [6, 6.07) is 25.0. The number of rotatable bonds is 2. The number of hydrogen-bond donors (Lipinski definition) is 0. The molecule has 4 nitrogen and oxygen atoms in total. The Bertz CT molecular complexity index is 1010. The van der Waals surface area contributed by atoms with Gasteiger partial charge in [-0.05, 0) is 21.5 Å². The van der Waals surface area contributed by atoms with Crippen molar-refractivity contribution < 1.29 is 19.8 Å². The molecule has 0 atom stereocenters. The zero-order valence-electron chi connectivity index (χ0n) is 14.4. The third kappa shape index (κ3) is 4.64. The van der Waals surface area contributed by atoms with Crippen molar-refractivity contribution >= 4 is 56.5 Å². The van der Waals surface area contributed by atoms with Crippen LogP contribution >= 0.6 is 0 Å². The minimum atomic E-state index is -1.13. The number of carboxylic acid groups (broad SMARTS) is 2. The van der Waals surface area contributed by atoms with Gasteiger partial charge in [0.05, 0.1) is 11.9 Å². The predicted octanol–water partition coefficient (Wildman–Crippen LogP) is 2.03. The van der Waals surface area contributed by atoms with Gasteiger partial charge in [0, 0.05) is 11.1 Å². The molecule has 0 spiro atoms. The normalized spacial score (nSPS) is 9.78. The van der Waals surface area contributed by atoms with Crippen molar-refractivity contribution in [1.29, 1.82) is 0 Å². The molecule has 0 heterocycles. The first-order valence-electron chi connectivity index (χ1n) is 7.96. The Balaban J connectivity index is 0.000000187. The molecule has 4 aromatic rings. The van der Waals surface area contributed by atoms with Gasteiger partial charge in [-0.25, -0.2) is 0 Å².